The van der Waals surface area contributed by atoms with Gasteiger partial charge in [-0.2, -0.15) is 5.10 Å². The third kappa shape index (κ3) is 8.19. The van der Waals surface area contributed by atoms with Gasteiger partial charge in [0.2, 0.25) is 11.8 Å². The highest BCUT2D eigenvalue weighted by Gasteiger charge is 2.14. The van der Waals surface area contributed by atoms with E-state index in [1.54, 1.807) is 18.2 Å². The van der Waals surface area contributed by atoms with Gasteiger partial charge in [-0.1, -0.05) is 23.2 Å². The Kier molecular flexibility index (Phi) is 9.86. The first-order valence-corrected chi connectivity index (χ1v) is 11.2. The van der Waals surface area contributed by atoms with E-state index < -0.39 is 18.2 Å². The number of nitrogens with zero attached hydrogens (tertiary/aromatic N) is 1. The van der Waals surface area contributed by atoms with Gasteiger partial charge in [0.25, 0.3) is 0 Å². The molecule has 2 aromatic carbocycles. The number of carbonyl (C=O) groups is 2. The SMILES string of the molecule is CCOc1cc(C=NNC(=O)CC(=O)Nc2ccc(Cl)c(Cl)c2)cc(I)c1OC(C)C. The zero-order chi connectivity index (χ0) is 23.0. The summed E-state index contributed by atoms with van der Waals surface area (Å²) in [5, 5.41) is 7.17. The van der Waals surface area contributed by atoms with E-state index in [0.717, 1.165) is 3.57 Å². The van der Waals surface area contributed by atoms with Crippen LogP contribution in [0.1, 0.15) is 32.8 Å². The van der Waals surface area contributed by atoms with E-state index >= 15 is 0 Å². The van der Waals surface area contributed by atoms with Gasteiger partial charge >= 0.3 is 0 Å². The molecule has 0 bridgehead atoms. The Balaban J connectivity index is 1.96. The van der Waals surface area contributed by atoms with Crippen LogP contribution in [0.2, 0.25) is 10.0 Å². The molecule has 0 atom stereocenters. The van der Waals surface area contributed by atoms with Crippen LogP contribution in [0.5, 0.6) is 11.5 Å². The second-order valence-electron chi connectivity index (χ2n) is 6.58. The normalized spacial score (nSPS) is 10.9. The molecule has 0 heterocycles. The first-order valence-electron chi connectivity index (χ1n) is 9.39. The second-order valence-corrected chi connectivity index (χ2v) is 8.55. The summed E-state index contributed by atoms with van der Waals surface area (Å²) in [6.07, 6.45) is 1.07. The minimum absolute atomic E-state index is 0.00146. The first-order chi connectivity index (χ1) is 14.7. The molecule has 7 nitrogen and oxygen atoms in total. The fourth-order valence-corrected chi connectivity index (χ4v) is 3.47. The minimum atomic E-state index is -0.562. The summed E-state index contributed by atoms with van der Waals surface area (Å²) in [5.41, 5.74) is 3.49. The Labute approximate surface area is 204 Å². The molecule has 0 saturated heterocycles. The van der Waals surface area contributed by atoms with Gasteiger partial charge in [0, 0.05) is 5.69 Å². The van der Waals surface area contributed by atoms with Gasteiger partial charge in [-0.25, -0.2) is 5.43 Å². The number of ether oxygens (including phenoxy) is 2. The van der Waals surface area contributed by atoms with Crippen LogP contribution in [-0.2, 0) is 9.59 Å². The monoisotopic (exact) mass is 577 g/mol. The van der Waals surface area contributed by atoms with E-state index in [1.165, 1.54) is 12.3 Å². The van der Waals surface area contributed by atoms with E-state index in [1.807, 2.05) is 26.8 Å². The summed E-state index contributed by atoms with van der Waals surface area (Å²) in [6, 6.07) is 8.27. The Morgan fingerprint density at radius 2 is 1.90 bits per heavy atom. The Morgan fingerprint density at radius 1 is 1.16 bits per heavy atom. The zero-order valence-corrected chi connectivity index (χ0v) is 20.8. The molecule has 166 valence electrons. The number of carbonyl (C=O) groups excluding carboxylic acids is 2. The molecule has 31 heavy (non-hydrogen) atoms. The molecule has 10 heteroatoms. The van der Waals surface area contributed by atoms with Crippen molar-refractivity contribution in [3.05, 3.63) is 49.5 Å². The van der Waals surface area contributed by atoms with Crippen LogP contribution in [-0.4, -0.2) is 30.7 Å². The number of nitrogens with one attached hydrogen (secondary N) is 2. The van der Waals surface area contributed by atoms with E-state index in [9.17, 15) is 9.59 Å². The van der Waals surface area contributed by atoms with Crippen molar-refractivity contribution in [1.82, 2.24) is 5.43 Å². The van der Waals surface area contributed by atoms with Crippen molar-refractivity contribution in [3.8, 4) is 11.5 Å². The lowest BCUT2D eigenvalue weighted by molar-refractivity contribution is -0.126. The zero-order valence-electron chi connectivity index (χ0n) is 17.2. The summed E-state index contributed by atoms with van der Waals surface area (Å²) in [5.74, 6) is 0.192. The first kappa shape index (κ1) is 25.2. The van der Waals surface area contributed by atoms with Crippen molar-refractivity contribution in [1.29, 1.82) is 0 Å². The van der Waals surface area contributed by atoms with Crippen molar-refractivity contribution in [2.75, 3.05) is 11.9 Å². The van der Waals surface area contributed by atoms with Crippen molar-refractivity contribution < 1.29 is 19.1 Å². The van der Waals surface area contributed by atoms with Crippen LogP contribution in [0.25, 0.3) is 0 Å². The van der Waals surface area contributed by atoms with Crippen LogP contribution >= 0.6 is 45.8 Å². The molecule has 0 radical (unpaired) electrons. The minimum Gasteiger partial charge on any atom is -0.490 e. The predicted octanol–water partition coefficient (Wildman–Crippen LogP) is 5.26. The molecule has 0 fully saturated rings. The van der Waals surface area contributed by atoms with E-state index in [0.29, 0.717) is 39.4 Å². The molecule has 0 aliphatic rings. The molecular formula is C21H22Cl2IN3O4. The molecule has 0 aromatic heterocycles. The molecule has 0 aliphatic carbocycles. The number of amides is 2. The standard InChI is InChI=1S/C21H22Cl2IN3O4/c1-4-30-18-8-13(7-17(24)21(18)31-12(2)3)11-25-27-20(29)10-19(28)26-14-5-6-15(22)16(23)9-14/h5-9,11-12H,4,10H2,1-3H3,(H,26,28)(H,27,29). The quantitative estimate of drug-likeness (QED) is 0.184. The van der Waals surface area contributed by atoms with Crippen molar-refractivity contribution in [2.24, 2.45) is 5.10 Å². The Hall–Kier alpha value is -2.04. The highest BCUT2D eigenvalue weighted by molar-refractivity contribution is 14.1. The number of anilines is 1. The summed E-state index contributed by atoms with van der Waals surface area (Å²) < 4.78 is 12.3. The number of hydrazone groups is 1. The molecule has 0 spiro atoms. The third-order valence-corrected chi connectivity index (χ3v) is 5.15. The van der Waals surface area contributed by atoms with Gasteiger partial charge < -0.3 is 14.8 Å². The predicted molar refractivity (Wildman–Crippen MR) is 132 cm³/mol. The van der Waals surface area contributed by atoms with Crippen LogP contribution in [0, 0.1) is 3.57 Å². The van der Waals surface area contributed by atoms with E-state index in [-0.39, 0.29) is 6.10 Å². The fourth-order valence-electron chi connectivity index (χ4n) is 2.42. The van der Waals surface area contributed by atoms with Gasteiger partial charge in [0.15, 0.2) is 11.5 Å². The van der Waals surface area contributed by atoms with Crippen molar-refractivity contribution in [3.63, 3.8) is 0 Å². The van der Waals surface area contributed by atoms with Crippen molar-refractivity contribution in [2.45, 2.75) is 33.3 Å². The maximum Gasteiger partial charge on any atom is 0.249 e. The van der Waals surface area contributed by atoms with Gasteiger partial charge in [-0.3, -0.25) is 9.59 Å². The van der Waals surface area contributed by atoms with Crippen molar-refractivity contribution >= 4 is 69.5 Å². The molecule has 2 amide bonds. The summed E-state index contributed by atoms with van der Waals surface area (Å²) in [6.45, 7) is 6.24. The van der Waals surface area contributed by atoms with Crippen LogP contribution in [0.3, 0.4) is 0 Å². The smallest absolute Gasteiger partial charge is 0.249 e. The largest absolute Gasteiger partial charge is 0.490 e. The van der Waals surface area contributed by atoms with Crippen LogP contribution < -0.4 is 20.2 Å². The maximum atomic E-state index is 12.0. The molecule has 0 unspecified atom stereocenters. The Bertz CT molecular complexity index is 983. The van der Waals surface area contributed by atoms with Crippen LogP contribution in [0.4, 0.5) is 5.69 Å². The maximum absolute atomic E-state index is 12.0. The second kappa shape index (κ2) is 12.1. The lowest BCUT2D eigenvalue weighted by Gasteiger charge is -2.16. The lowest BCUT2D eigenvalue weighted by Crippen LogP contribution is -2.24. The van der Waals surface area contributed by atoms with E-state index in [2.05, 4.69) is 38.4 Å². The highest BCUT2D eigenvalue weighted by Crippen LogP contribution is 2.34. The summed E-state index contributed by atoms with van der Waals surface area (Å²) in [4.78, 5) is 24.0. The molecule has 2 rings (SSSR count). The lowest BCUT2D eigenvalue weighted by atomic mass is 10.2. The number of hydrogen-bond acceptors (Lipinski definition) is 5. The highest BCUT2D eigenvalue weighted by atomic mass is 127. The topological polar surface area (TPSA) is 89.0 Å². The summed E-state index contributed by atoms with van der Waals surface area (Å²) >= 11 is 13.9. The number of rotatable bonds is 9. The molecule has 2 N–H and O–H groups in total. The number of benzene rings is 2. The molecule has 0 aliphatic heterocycles. The third-order valence-electron chi connectivity index (χ3n) is 3.61. The fraction of sp³-hybridized carbons (Fsp3) is 0.286. The van der Waals surface area contributed by atoms with Gasteiger partial charge in [-0.15, -0.1) is 0 Å². The Morgan fingerprint density at radius 3 is 2.55 bits per heavy atom. The molecule has 0 saturated carbocycles. The average molecular weight is 578 g/mol. The molecular weight excluding hydrogens is 556 g/mol. The van der Waals surface area contributed by atoms with Gasteiger partial charge in [0.05, 0.1) is 32.5 Å². The van der Waals surface area contributed by atoms with Gasteiger partial charge in [-0.05, 0) is 79.3 Å². The number of halogens is 3. The number of hydrogen-bond donors (Lipinski definition) is 2. The van der Waals surface area contributed by atoms with Crippen LogP contribution in [0.15, 0.2) is 35.4 Å². The summed E-state index contributed by atoms with van der Waals surface area (Å²) in [7, 11) is 0. The van der Waals surface area contributed by atoms with E-state index in [4.69, 9.17) is 32.7 Å². The van der Waals surface area contributed by atoms with Gasteiger partial charge in [0.1, 0.15) is 6.42 Å². The molecule has 2 aromatic rings. The average Bonchev–Trinajstić information content (AvgIpc) is 2.67.